The first-order chi connectivity index (χ1) is 12.4. The zero-order chi connectivity index (χ0) is 18.8. The Morgan fingerprint density at radius 2 is 1.15 bits per heavy atom. The molecular weight excluding hydrogens is 352 g/mol. The fourth-order valence-corrected chi connectivity index (χ4v) is 2.69. The molecule has 14 heteroatoms. The molecule has 1 aliphatic heterocycles. The Bertz CT molecular complexity index is 897. The van der Waals surface area contributed by atoms with Gasteiger partial charge in [-0.3, -0.25) is 29.8 Å². The summed E-state index contributed by atoms with van der Waals surface area (Å²) in [5.74, 6) is -0.154. The molecule has 0 atom stereocenters. The quantitative estimate of drug-likeness (QED) is 0.503. The fraction of sp³-hybridized carbons (Fsp3) is 0.333. The SMILES string of the molecule is O=c1[nH]cnc(N2CCN(c3nc[nH]c(=O)c3[N+](=O)[O-])CC2)c1[N+](=O)[O-]. The van der Waals surface area contributed by atoms with Crippen LogP contribution >= 0.6 is 0 Å². The predicted octanol–water partition coefficient (Wildman–Crippen LogP) is -1.00. The topological polar surface area (TPSA) is 184 Å². The van der Waals surface area contributed by atoms with Gasteiger partial charge in [-0.05, 0) is 0 Å². The second-order valence-corrected chi connectivity index (χ2v) is 5.30. The van der Waals surface area contributed by atoms with Gasteiger partial charge in [0.05, 0.1) is 22.5 Å². The maximum absolute atomic E-state index is 11.7. The van der Waals surface area contributed by atoms with E-state index in [2.05, 4.69) is 19.9 Å². The van der Waals surface area contributed by atoms with Crippen molar-refractivity contribution in [3.05, 3.63) is 53.6 Å². The number of H-pyrrole nitrogens is 2. The lowest BCUT2D eigenvalue weighted by Crippen LogP contribution is -2.48. The highest BCUT2D eigenvalue weighted by atomic mass is 16.6. The molecule has 0 unspecified atom stereocenters. The van der Waals surface area contributed by atoms with E-state index in [0.717, 1.165) is 12.7 Å². The van der Waals surface area contributed by atoms with E-state index >= 15 is 0 Å². The van der Waals surface area contributed by atoms with E-state index in [1.54, 1.807) is 0 Å². The van der Waals surface area contributed by atoms with Crippen molar-refractivity contribution in [3.63, 3.8) is 0 Å². The van der Waals surface area contributed by atoms with Crippen LogP contribution in [0.4, 0.5) is 23.0 Å². The third-order valence-corrected chi connectivity index (χ3v) is 3.86. The number of nitrogens with zero attached hydrogens (tertiary/aromatic N) is 6. The zero-order valence-electron chi connectivity index (χ0n) is 13.1. The van der Waals surface area contributed by atoms with Gasteiger partial charge in [0, 0.05) is 26.2 Å². The Hall–Kier alpha value is -3.84. The van der Waals surface area contributed by atoms with Gasteiger partial charge in [-0.2, -0.15) is 0 Å². The molecule has 1 aliphatic rings. The number of nitro groups is 2. The van der Waals surface area contributed by atoms with Crippen molar-refractivity contribution in [3.8, 4) is 0 Å². The van der Waals surface area contributed by atoms with Crippen LogP contribution in [0, 0.1) is 20.2 Å². The molecule has 3 heterocycles. The van der Waals surface area contributed by atoms with E-state index in [-0.39, 0.29) is 37.8 Å². The molecule has 0 aromatic carbocycles. The second-order valence-electron chi connectivity index (χ2n) is 5.30. The Labute approximate surface area is 143 Å². The largest absolute Gasteiger partial charge is 0.375 e. The number of anilines is 2. The zero-order valence-corrected chi connectivity index (χ0v) is 13.1. The summed E-state index contributed by atoms with van der Waals surface area (Å²) in [6.07, 6.45) is 2.14. The lowest BCUT2D eigenvalue weighted by atomic mass is 10.3. The standard InChI is InChI=1S/C12H12N8O6/c21-11-7(19(23)24)9(13-5-15-11)17-1-2-18(4-3-17)10-8(20(25)26)12(22)16-6-14-10/h5-6H,1-4H2,(H,13,15,21)(H,14,16,22). The number of nitrogens with one attached hydrogen (secondary N) is 2. The Morgan fingerprint density at radius 1 is 0.808 bits per heavy atom. The van der Waals surface area contributed by atoms with Gasteiger partial charge >= 0.3 is 22.5 Å². The molecule has 1 saturated heterocycles. The molecule has 2 N–H and O–H groups in total. The van der Waals surface area contributed by atoms with Gasteiger partial charge in [0.25, 0.3) is 0 Å². The average molecular weight is 364 g/mol. The molecule has 3 rings (SSSR count). The molecule has 0 spiro atoms. The number of aromatic amines is 2. The van der Waals surface area contributed by atoms with E-state index in [4.69, 9.17) is 0 Å². The lowest BCUT2D eigenvalue weighted by molar-refractivity contribution is -0.386. The minimum Gasteiger partial charge on any atom is -0.347 e. The number of rotatable bonds is 4. The molecule has 2 aromatic rings. The van der Waals surface area contributed by atoms with Gasteiger partial charge in [-0.15, -0.1) is 0 Å². The average Bonchev–Trinajstić information content (AvgIpc) is 2.60. The minimum atomic E-state index is -0.866. The first-order valence-electron chi connectivity index (χ1n) is 7.34. The van der Waals surface area contributed by atoms with Gasteiger partial charge in [0.1, 0.15) is 0 Å². The van der Waals surface area contributed by atoms with E-state index in [1.807, 2.05) is 0 Å². The third-order valence-electron chi connectivity index (χ3n) is 3.86. The molecule has 1 fully saturated rings. The van der Waals surface area contributed by atoms with Crippen LogP contribution in [0.25, 0.3) is 0 Å². The van der Waals surface area contributed by atoms with Crippen molar-refractivity contribution in [2.45, 2.75) is 0 Å². The van der Waals surface area contributed by atoms with Crippen LogP contribution in [0.5, 0.6) is 0 Å². The first-order valence-corrected chi connectivity index (χ1v) is 7.34. The second kappa shape index (κ2) is 6.58. The fourth-order valence-electron chi connectivity index (χ4n) is 2.69. The summed E-state index contributed by atoms with van der Waals surface area (Å²) in [5, 5.41) is 22.2. The normalized spacial score (nSPS) is 14.3. The van der Waals surface area contributed by atoms with E-state index in [0.29, 0.717) is 0 Å². The van der Waals surface area contributed by atoms with Crippen molar-refractivity contribution in [1.82, 2.24) is 19.9 Å². The summed E-state index contributed by atoms with van der Waals surface area (Å²) in [6.45, 7) is 0.789. The minimum absolute atomic E-state index is 0.0771. The van der Waals surface area contributed by atoms with Gasteiger partial charge in [-0.1, -0.05) is 0 Å². The van der Waals surface area contributed by atoms with Gasteiger partial charge in [-0.25, -0.2) is 9.97 Å². The highest BCUT2D eigenvalue weighted by Crippen LogP contribution is 2.25. The summed E-state index contributed by atoms with van der Waals surface area (Å²) in [5.41, 5.74) is -3.06. The van der Waals surface area contributed by atoms with E-state index in [1.165, 1.54) is 9.80 Å². The van der Waals surface area contributed by atoms with Crippen molar-refractivity contribution >= 4 is 23.0 Å². The van der Waals surface area contributed by atoms with Crippen LogP contribution in [0.2, 0.25) is 0 Å². The number of piperazine rings is 1. The summed E-state index contributed by atoms with van der Waals surface area (Å²) in [7, 11) is 0. The van der Waals surface area contributed by atoms with Crippen LogP contribution in [0.3, 0.4) is 0 Å². The molecule has 0 saturated carbocycles. The molecular formula is C12H12N8O6. The van der Waals surface area contributed by atoms with Gasteiger partial charge in [0.2, 0.25) is 11.6 Å². The van der Waals surface area contributed by atoms with Gasteiger partial charge in [0.15, 0.2) is 0 Å². The summed E-state index contributed by atoms with van der Waals surface area (Å²) >= 11 is 0. The highest BCUT2D eigenvalue weighted by Gasteiger charge is 2.31. The first kappa shape index (κ1) is 17.0. The van der Waals surface area contributed by atoms with Gasteiger partial charge < -0.3 is 19.8 Å². The molecule has 136 valence electrons. The van der Waals surface area contributed by atoms with Crippen molar-refractivity contribution < 1.29 is 9.85 Å². The molecule has 0 bridgehead atoms. The maximum atomic E-state index is 11.7. The monoisotopic (exact) mass is 364 g/mol. The molecule has 0 radical (unpaired) electrons. The Balaban J connectivity index is 1.86. The van der Waals surface area contributed by atoms with Crippen molar-refractivity contribution in [2.24, 2.45) is 0 Å². The smallest absolute Gasteiger partial charge is 0.347 e. The molecule has 0 amide bonds. The van der Waals surface area contributed by atoms with Crippen LogP contribution in [-0.4, -0.2) is 56.0 Å². The third kappa shape index (κ3) is 2.94. The van der Waals surface area contributed by atoms with E-state index in [9.17, 15) is 29.8 Å². The predicted molar refractivity (Wildman–Crippen MR) is 87.5 cm³/mol. The van der Waals surface area contributed by atoms with Crippen LogP contribution in [-0.2, 0) is 0 Å². The summed E-state index contributed by atoms with van der Waals surface area (Å²) < 4.78 is 0. The number of hydrogen-bond donors (Lipinski definition) is 2. The highest BCUT2D eigenvalue weighted by molar-refractivity contribution is 5.60. The summed E-state index contributed by atoms with van der Waals surface area (Å²) in [4.78, 5) is 59.1. The molecule has 2 aromatic heterocycles. The van der Waals surface area contributed by atoms with Crippen LogP contribution < -0.4 is 20.9 Å². The van der Waals surface area contributed by atoms with Crippen LogP contribution in [0.15, 0.2) is 22.2 Å². The van der Waals surface area contributed by atoms with E-state index < -0.39 is 32.3 Å². The van der Waals surface area contributed by atoms with Crippen molar-refractivity contribution in [2.75, 3.05) is 36.0 Å². The molecule has 14 nitrogen and oxygen atoms in total. The maximum Gasteiger partial charge on any atom is 0.375 e. The van der Waals surface area contributed by atoms with Crippen LogP contribution in [0.1, 0.15) is 0 Å². The van der Waals surface area contributed by atoms with Crippen molar-refractivity contribution in [1.29, 1.82) is 0 Å². The molecule has 0 aliphatic carbocycles. The molecule has 26 heavy (non-hydrogen) atoms. The number of aromatic nitrogens is 4. The lowest BCUT2D eigenvalue weighted by Gasteiger charge is -2.35. The number of hydrogen-bond acceptors (Lipinski definition) is 10. The Kier molecular flexibility index (Phi) is 4.30. The summed E-state index contributed by atoms with van der Waals surface area (Å²) in [6, 6.07) is 0. The Morgan fingerprint density at radius 3 is 1.46 bits per heavy atom.